The van der Waals surface area contributed by atoms with Gasteiger partial charge in [0.2, 0.25) is 0 Å². The van der Waals surface area contributed by atoms with Gasteiger partial charge in [0.1, 0.15) is 11.6 Å². The highest BCUT2D eigenvalue weighted by molar-refractivity contribution is 5.74. The number of esters is 1. The second-order valence-electron chi connectivity index (χ2n) is 5.70. The molecule has 0 aliphatic carbocycles. The molecule has 0 bridgehead atoms. The Kier molecular flexibility index (Phi) is 4.04. The molecule has 5 heteroatoms. The molecule has 1 aromatic heterocycles. The van der Waals surface area contributed by atoms with Gasteiger partial charge in [-0.1, -0.05) is 0 Å². The Balaban J connectivity index is 2.95. The Labute approximate surface area is 107 Å². The summed E-state index contributed by atoms with van der Waals surface area (Å²) in [6, 6.07) is -0.540. The van der Waals surface area contributed by atoms with Crippen LogP contribution < -0.4 is 5.69 Å². The maximum Gasteiger partial charge on any atom is 0.329 e. The topological polar surface area (TPSA) is 53.2 Å². The first kappa shape index (κ1) is 14.5. The SMILES string of the molecule is CC(C)n1ccn(C(C)C(=O)OC(C)(C)C)c1=O. The molecule has 1 unspecified atom stereocenters. The number of aromatic nitrogens is 2. The highest BCUT2D eigenvalue weighted by atomic mass is 16.6. The fourth-order valence-corrected chi connectivity index (χ4v) is 1.59. The molecule has 0 fully saturated rings. The first-order valence-electron chi connectivity index (χ1n) is 6.15. The molecule has 0 N–H and O–H groups in total. The number of hydrogen-bond donors (Lipinski definition) is 0. The molecule has 1 atom stereocenters. The van der Waals surface area contributed by atoms with Gasteiger partial charge in [-0.25, -0.2) is 9.59 Å². The summed E-state index contributed by atoms with van der Waals surface area (Å²) in [5.74, 6) is -0.397. The third-order valence-corrected chi connectivity index (χ3v) is 2.55. The normalized spacial score (nSPS) is 13.7. The summed E-state index contributed by atoms with van der Waals surface area (Å²) in [4.78, 5) is 23.9. The van der Waals surface area contributed by atoms with Crippen LogP contribution in [0.5, 0.6) is 0 Å². The van der Waals surface area contributed by atoms with E-state index in [-0.39, 0.29) is 11.7 Å². The molecule has 0 aliphatic heterocycles. The Morgan fingerprint density at radius 2 is 1.67 bits per heavy atom. The largest absolute Gasteiger partial charge is 0.458 e. The Bertz CT molecular complexity index is 477. The zero-order valence-corrected chi connectivity index (χ0v) is 11.9. The zero-order valence-electron chi connectivity index (χ0n) is 11.9. The van der Waals surface area contributed by atoms with Crippen molar-refractivity contribution in [2.75, 3.05) is 0 Å². The molecule has 0 aliphatic rings. The molecule has 0 radical (unpaired) electrons. The predicted octanol–water partition coefficient (Wildman–Crippen LogP) is 2.13. The molecule has 0 saturated heterocycles. The van der Waals surface area contributed by atoms with Crippen LogP contribution in [-0.4, -0.2) is 20.7 Å². The van der Waals surface area contributed by atoms with Crippen LogP contribution in [0.1, 0.15) is 53.6 Å². The van der Waals surface area contributed by atoms with Crippen molar-refractivity contribution in [3.05, 3.63) is 22.9 Å². The summed E-state index contributed by atoms with van der Waals surface area (Å²) >= 11 is 0. The van der Waals surface area contributed by atoms with E-state index in [1.54, 1.807) is 44.7 Å². The first-order valence-corrected chi connectivity index (χ1v) is 6.15. The maximum absolute atomic E-state index is 12.0. The lowest BCUT2D eigenvalue weighted by Crippen LogP contribution is -2.34. The Morgan fingerprint density at radius 3 is 2.06 bits per heavy atom. The van der Waals surface area contributed by atoms with Crippen molar-refractivity contribution in [2.24, 2.45) is 0 Å². The van der Waals surface area contributed by atoms with Gasteiger partial charge in [-0.2, -0.15) is 0 Å². The second-order valence-corrected chi connectivity index (χ2v) is 5.70. The lowest BCUT2D eigenvalue weighted by molar-refractivity contribution is -0.158. The molecular formula is C13H22N2O3. The molecule has 0 saturated carbocycles. The van der Waals surface area contributed by atoms with Gasteiger partial charge in [0.05, 0.1) is 0 Å². The third-order valence-electron chi connectivity index (χ3n) is 2.55. The standard InChI is InChI=1S/C13H22N2O3/c1-9(2)14-7-8-15(12(14)17)10(3)11(16)18-13(4,5)6/h7-10H,1-6H3. The van der Waals surface area contributed by atoms with E-state index >= 15 is 0 Å². The molecule has 0 spiro atoms. The number of ether oxygens (including phenoxy) is 1. The monoisotopic (exact) mass is 254 g/mol. The fourth-order valence-electron chi connectivity index (χ4n) is 1.59. The van der Waals surface area contributed by atoms with Crippen LogP contribution >= 0.6 is 0 Å². The molecule has 0 aromatic carbocycles. The molecule has 1 aromatic rings. The number of nitrogens with zero attached hydrogens (tertiary/aromatic N) is 2. The summed E-state index contributed by atoms with van der Waals surface area (Å²) in [6.45, 7) is 10.9. The van der Waals surface area contributed by atoms with Gasteiger partial charge in [0, 0.05) is 18.4 Å². The number of carbonyl (C=O) groups excluding carboxylic acids is 1. The third kappa shape index (κ3) is 3.24. The summed E-state index contributed by atoms with van der Waals surface area (Å²) in [5.41, 5.74) is -0.737. The van der Waals surface area contributed by atoms with Crippen LogP contribution in [0.4, 0.5) is 0 Å². The van der Waals surface area contributed by atoms with E-state index in [9.17, 15) is 9.59 Å². The van der Waals surface area contributed by atoms with Gasteiger partial charge in [0.25, 0.3) is 0 Å². The first-order chi connectivity index (χ1) is 8.13. The van der Waals surface area contributed by atoms with Crippen molar-refractivity contribution in [3.63, 3.8) is 0 Å². The van der Waals surface area contributed by atoms with E-state index in [2.05, 4.69) is 0 Å². The van der Waals surface area contributed by atoms with E-state index in [1.807, 2.05) is 13.8 Å². The van der Waals surface area contributed by atoms with Crippen molar-refractivity contribution in [1.29, 1.82) is 0 Å². The van der Waals surface area contributed by atoms with Crippen LogP contribution in [0, 0.1) is 0 Å². The van der Waals surface area contributed by atoms with Crippen LogP contribution in [0.15, 0.2) is 17.2 Å². The van der Waals surface area contributed by atoms with E-state index in [1.165, 1.54) is 4.57 Å². The van der Waals surface area contributed by atoms with Gasteiger partial charge in [0.15, 0.2) is 0 Å². The number of imidazole rings is 1. The van der Waals surface area contributed by atoms with Crippen LogP contribution in [0.3, 0.4) is 0 Å². The van der Waals surface area contributed by atoms with Gasteiger partial charge in [-0.05, 0) is 41.5 Å². The van der Waals surface area contributed by atoms with Gasteiger partial charge < -0.3 is 4.74 Å². The highest BCUT2D eigenvalue weighted by Gasteiger charge is 2.24. The average molecular weight is 254 g/mol. The van der Waals surface area contributed by atoms with Crippen LogP contribution in [0.25, 0.3) is 0 Å². The summed E-state index contributed by atoms with van der Waals surface area (Å²) in [5, 5.41) is 0. The molecule has 5 nitrogen and oxygen atoms in total. The molecule has 1 heterocycles. The van der Waals surface area contributed by atoms with Crippen LogP contribution in [-0.2, 0) is 9.53 Å². The minimum atomic E-state index is -0.614. The van der Waals surface area contributed by atoms with Crippen molar-refractivity contribution < 1.29 is 9.53 Å². The minimum absolute atomic E-state index is 0.0737. The second kappa shape index (κ2) is 5.00. The Morgan fingerprint density at radius 1 is 1.17 bits per heavy atom. The number of rotatable bonds is 3. The van der Waals surface area contributed by atoms with Gasteiger partial charge in [-0.15, -0.1) is 0 Å². The summed E-state index contributed by atoms with van der Waals surface area (Å²) < 4.78 is 8.25. The smallest absolute Gasteiger partial charge is 0.329 e. The number of hydrogen-bond acceptors (Lipinski definition) is 3. The molecule has 18 heavy (non-hydrogen) atoms. The van der Waals surface area contributed by atoms with E-state index < -0.39 is 17.6 Å². The molecule has 102 valence electrons. The van der Waals surface area contributed by atoms with Gasteiger partial charge >= 0.3 is 11.7 Å². The average Bonchev–Trinajstić information content (AvgIpc) is 2.56. The van der Waals surface area contributed by atoms with Crippen LogP contribution in [0.2, 0.25) is 0 Å². The molecule has 0 amide bonds. The Hall–Kier alpha value is -1.52. The quantitative estimate of drug-likeness (QED) is 0.776. The van der Waals surface area contributed by atoms with Crippen molar-refractivity contribution in [3.8, 4) is 0 Å². The van der Waals surface area contributed by atoms with E-state index in [4.69, 9.17) is 4.74 Å². The van der Waals surface area contributed by atoms with Crippen molar-refractivity contribution >= 4 is 5.97 Å². The van der Waals surface area contributed by atoms with Crippen molar-refractivity contribution in [1.82, 2.24) is 9.13 Å². The minimum Gasteiger partial charge on any atom is -0.458 e. The van der Waals surface area contributed by atoms with Crippen molar-refractivity contribution in [2.45, 2.75) is 59.2 Å². The molecular weight excluding hydrogens is 232 g/mol. The lowest BCUT2D eigenvalue weighted by Gasteiger charge is -2.22. The van der Waals surface area contributed by atoms with Gasteiger partial charge in [-0.3, -0.25) is 9.13 Å². The lowest BCUT2D eigenvalue weighted by atomic mass is 10.2. The maximum atomic E-state index is 12.0. The van der Waals surface area contributed by atoms with E-state index in [0.29, 0.717) is 0 Å². The zero-order chi connectivity index (χ0) is 14.1. The number of carbonyl (C=O) groups is 1. The molecule has 1 rings (SSSR count). The summed E-state index contributed by atoms with van der Waals surface area (Å²) in [6.07, 6.45) is 3.31. The fraction of sp³-hybridized carbons (Fsp3) is 0.692. The summed E-state index contributed by atoms with van der Waals surface area (Å²) in [7, 11) is 0. The predicted molar refractivity (Wildman–Crippen MR) is 69.6 cm³/mol. The highest BCUT2D eigenvalue weighted by Crippen LogP contribution is 2.14. The van der Waals surface area contributed by atoms with E-state index in [0.717, 1.165) is 0 Å².